The van der Waals surface area contributed by atoms with Crippen molar-refractivity contribution in [3.8, 4) is 0 Å². The van der Waals surface area contributed by atoms with Gasteiger partial charge in [0.2, 0.25) is 5.91 Å². The second-order valence-electron chi connectivity index (χ2n) is 8.77. The molecule has 1 amide bonds. The van der Waals surface area contributed by atoms with Crippen molar-refractivity contribution in [2.24, 2.45) is 11.3 Å². The standard InChI is InChI=1S/C22H31N3O2S/c1-16(2)24-11-10-17-12-25(14-22(17,13-24)15-26)21(27)9-5-8-20-23-18-6-3-4-7-19(18)28-20/h3-4,6-7,16-17,26H,5,8-15H2,1-2H3/t17-,22+/m0/s1. The van der Waals surface area contributed by atoms with Crippen molar-refractivity contribution in [2.45, 2.75) is 45.6 Å². The van der Waals surface area contributed by atoms with E-state index in [2.05, 4.69) is 29.8 Å². The maximum Gasteiger partial charge on any atom is 0.222 e. The molecular formula is C22H31N3O2S. The number of rotatable bonds is 6. The third-order valence-corrected chi connectivity index (χ3v) is 7.71. The first-order chi connectivity index (χ1) is 13.5. The SMILES string of the molecule is CC(C)N1CC[C@H]2CN(C(=O)CCCc3nc4ccccc4s3)C[C@@]2(CO)C1. The lowest BCUT2D eigenvalue weighted by Gasteiger charge is -2.44. The number of likely N-dealkylation sites (tertiary alicyclic amines) is 2. The highest BCUT2D eigenvalue weighted by Gasteiger charge is 2.50. The number of carbonyl (C=O) groups excluding carboxylic acids is 1. The Morgan fingerprint density at radius 3 is 2.93 bits per heavy atom. The normalized spacial score (nSPS) is 25.6. The van der Waals surface area contributed by atoms with Gasteiger partial charge in [-0.2, -0.15) is 0 Å². The van der Waals surface area contributed by atoms with E-state index in [1.165, 1.54) is 4.70 Å². The minimum Gasteiger partial charge on any atom is -0.396 e. The monoisotopic (exact) mass is 401 g/mol. The van der Waals surface area contributed by atoms with Gasteiger partial charge in [-0.05, 0) is 57.7 Å². The molecule has 4 rings (SSSR count). The third kappa shape index (κ3) is 3.82. The highest BCUT2D eigenvalue weighted by atomic mass is 32.1. The first-order valence-electron chi connectivity index (χ1n) is 10.5. The summed E-state index contributed by atoms with van der Waals surface area (Å²) in [6.07, 6.45) is 3.34. The fraction of sp³-hybridized carbons (Fsp3) is 0.636. The van der Waals surface area contributed by atoms with E-state index in [1.807, 2.05) is 23.1 Å². The molecule has 0 unspecified atom stereocenters. The van der Waals surface area contributed by atoms with E-state index in [4.69, 9.17) is 0 Å². The van der Waals surface area contributed by atoms with Crippen molar-refractivity contribution >= 4 is 27.5 Å². The van der Waals surface area contributed by atoms with Crippen molar-refractivity contribution in [1.29, 1.82) is 0 Å². The van der Waals surface area contributed by atoms with Gasteiger partial charge in [-0.1, -0.05) is 12.1 Å². The summed E-state index contributed by atoms with van der Waals surface area (Å²) in [6.45, 7) is 8.10. The topological polar surface area (TPSA) is 56.7 Å². The van der Waals surface area contributed by atoms with Crippen molar-refractivity contribution in [3.63, 3.8) is 0 Å². The molecule has 152 valence electrons. The lowest BCUT2D eigenvalue weighted by Crippen LogP contribution is -2.52. The summed E-state index contributed by atoms with van der Waals surface area (Å²) >= 11 is 1.73. The average Bonchev–Trinajstić information content (AvgIpc) is 3.28. The summed E-state index contributed by atoms with van der Waals surface area (Å²) in [6, 6.07) is 8.68. The van der Waals surface area contributed by atoms with Gasteiger partial charge in [-0.3, -0.25) is 4.79 Å². The van der Waals surface area contributed by atoms with E-state index in [-0.39, 0.29) is 17.9 Å². The first-order valence-corrected chi connectivity index (χ1v) is 11.3. The molecule has 6 heteroatoms. The van der Waals surface area contributed by atoms with Crippen LogP contribution in [0.15, 0.2) is 24.3 Å². The maximum atomic E-state index is 12.8. The van der Waals surface area contributed by atoms with Crippen LogP contribution in [-0.4, -0.2) is 64.6 Å². The lowest BCUT2D eigenvalue weighted by atomic mass is 9.73. The highest BCUT2D eigenvalue weighted by Crippen LogP contribution is 2.42. The molecule has 1 N–H and O–H groups in total. The molecule has 1 aromatic heterocycles. The van der Waals surface area contributed by atoms with Crippen LogP contribution in [0.1, 0.15) is 38.1 Å². The van der Waals surface area contributed by atoms with Crippen LogP contribution < -0.4 is 0 Å². The molecule has 5 nitrogen and oxygen atoms in total. The third-order valence-electron chi connectivity index (χ3n) is 6.61. The fourth-order valence-electron chi connectivity index (χ4n) is 4.85. The number of aliphatic hydroxyl groups excluding tert-OH is 1. The van der Waals surface area contributed by atoms with E-state index in [9.17, 15) is 9.90 Å². The van der Waals surface area contributed by atoms with Gasteiger partial charge in [0.25, 0.3) is 0 Å². The van der Waals surface area contributed by atoms with Gasteiger partial charge in [-0.25, -0.2) is 4.98 Å². The summed E-state index contributed by atoms with van der Waals surface area (Å²) in [4.78, 5) is 22.0. The molecule has 0 radical (unpaired) electrons. The maximum absolute atomic E-state index is 12.8. The van der Waals surface area contributed by atoms with E-state index in [0.717, 1.165) is 49.4 Å². The van der Waals surface area contributed by atoms with Crippen molar-refractivity contribution in [2.75, 3.05) is 32.8 Å². The van der Waals surface area contributed by atoms with Crippen LogP contribution in [0.25, 0.3) is 10.2 Å². The second kappa shape index (κ2) is 8.09. The second-order valence-corrected chi connectivity index (χ2v) is 9.89. The van der Waals surface area contributed by atoms with Crippen LogP contribution in [0, 0.1) is 11.3 Å². The Kier molecular flexibility index (Phi) is 5.72. The van der Waals surface area contributed by atoms with Crippen molar-refractivity contribution < 1.29 is 9.90 Å². The van der Waals surface area contributed by atoms with E-state index >= 15 is 0 Å². The number of hydrogen-bond acceptors (Lipinski definition) is 5. The molecule has 28 heavy (non-hydrogen) atoms. The molecule has 3 heterocycles. The molecule has 0 bridgehead atoms. The first kappa shape index (κ1) is 19.8. The summed E-state index contributed by atoms with van der Waals surface area (Å²) in [5.41, 5.74) is 0.919. The van der Waals surface area contributed by atoms with E-state index in [1.54, 1.807) is 11.3 Å². The van der Waals surface area contributed by atoms with Crippen LogP contribution in [-0.2, 0) is 11.2 Å². The molecule has 2 aliphatic heterocycles. The van der Waals surface area contributed by atoms with E-state index in [0.29, 0.717) is 24.9 Å². The Labute approximate surface area is 171 Å². The van der Waals surface area contributed by atoms with Crippen LogP contribution in [0.5, 0.6) is 0 Å². The lowest BCUT2D eigenvalue weighted by molar-refractivity contribution is -0.130. The fourth-order valence-corrected chi connectivity index (χ4v) is 5.86. The zero-order valence-corrected chi connectivity index (χ0v) is 17.7. The summed E-state index contributed by atoms with van der Waals surface area (Å²) < 4.78 is 1.21. The molecule has 2 aliphatic rings. The van der Waals surface area contributed by atoms with Gasteiger partial charge in [0, 0.05) is 37.5 Å². The number of amides is 1. The number of para-hydroxylation sites is 1. The van der Waals surface area contributed by atoms with E-state index < -0.39 is 0 Å². The predicted octanol–water partition coefficient (Wildman–Crippen LogP) is 3.17. The van der Waals surface area contributed by atoms with Gasteiger partial charge < -0.3 is 14.9 Å². The number of nitrogens with zero attached hydrogens (tertiary/aromatic N) is 3. The smallest absolute Gasteiger partial charge is 0.222 e. The molecule has 0 spiro atoms. The molecule has 2 atom stereocenters. The number of piperidine rings is 1. The number of thiazole rings is 1. The highest BCUT2D eigenvalue weighted by molar-refractivity contribution is 7.18. The molecule has 2 fully saturated rings. The zero-order chi connectivity index (χ0) is 19.7. The van der Waals surface area contributed by atoms with Gasteiger partial charge in [0.05, 0.1) is 21.8 Å². The minimum atomic E-state index is -0.134. The molecule has 2 saturated heterocycles. The number of benzene rings is 1. The van der Waals surface area contributed by atoms with Gasteiger partial charge in [0.15, 0.2) is 0 Å². The van der Waals surface area contributed by atoms with Crippen LogP contribution >= 0.6 is 11.3 Å². The number of hydrogen-bond donors (Lipinski definition) is 1. The molecule has 0 saturated carbocycles. The number of carbonyl (C=O) groups is 1. The Hall–Kier alpha value is -1.50. The zero-order valence-electron chi connectivity index (χ0n) is 16.9. The largest absolute Gasteiger partial charge is 0.396 e. The Balaban J connectivity index is 1.32. The summed E-state index contributed by atoms with van der Waals surface area (Å²) in [7, 11) is 0. The summed E-state index contributed by atoms with van der Waals surface area (Å²) in [5, 5.41) is 11.3. The quantitative estimate of drug-likeness (QED) is 0.808. The van der Waals surface area contributed by atoms with Crippen LogP contribution in [0.4, 0.5) is 0 Å². The number of aliphatic hydroxyl groups is 1. The number of aryl methyl sites for hydroxylation is 1. The predicted molar refractivity (Wildman–Crippen MR) is 113 cm³/mol. The van der Waals surface area contributed by atoms with Crippen LogP contribution in [0.2, 0.25) is 0 Å². The van der Waals surface area contributed by atoms with Gasteiger partial charge in [0.1, 0.15) is 0 Å². The summed E-state index contributed by atoms with van der Waals surface area (Å²) in [5.74, 6) is 0.667. The van der Waals surface area contributed by atoms with Gasteiger partial charge in [-0.15, -0.1) is 11.3 Å². The van der Waals surface area contributed by atoms with Crippen molar-refractivity contribution in [1.82, 2.24) is 14.8 Å². The van der Waals surface area contributed by atoms with Gasteiger partial charge >= 0.3 is 0 Å². The molecule has 1 aromatic carbocycles. The van der Waals surface area contributed by atoms with Crippen LogP contribution in [0.3, 0.4) is 0 Å². The Morgan fingerprint density at radius 1 is 1.36 bits per heavy atom. The van der Waals surface area contributed by atoms with Crippen molar-refractivity contribution in [3.05, 3.63) is 29.3 Å². The Bertz CT molecular complexity index is 803. The molecule has 2 aromatic rings. The number of fused-ring (bicyclic) bond motifs is 2. The molecule has 0 aliphatic carbocycles. The number of aromatic nitrogens is 1. The molecular weight excluding hydrogens is 370 g/mol. The minimum absolute atomic E-state index is 0.134. The Morgan fingerprint density at radius 2 is 2.18 bits per heavy atom. The average molecular weight is 402 g/mol.